The van der Waals surface area contributed by atoms with Gasteiger partial charge in [-0.15, -0.1) is 0 Å². The molecule has 1 heterocycles. The minimum absolute atomic E-state index is 0.203. The summed E-state index contributed by atoms with van der Waals surface area (Å²) in [6.07, 6.45) is 4.44. The minimum Gasteiger partial charge on any atom is -0.481 e. The molecule has 1 atom stereocenters. The van der Waals surface area contributed by atoms with E-state index >= 15 is 0 Å². The monoisotopic (exact) mass is 201 g/mol. The van der Waals surface area contributed by atoms with Gasteiger partial charge in [0, 0.05) is 19.2 Å². The number of carbonyl (C=O) groups is 1. The molecule has 0 bridgehead atoms. The van der Waals surface area contributed by atoms with Crippen LogP contribution in [0.1, 0.15) is 32.1 Å². The highest BCUT2D eigenvalue weighted by molar-refractivity contribution is 5.66. The summed E-state index contributed by atoms with van der Waals surface area (Å²) in [7, 11) is 0. The predicted molar refractivity (Wildman–Crippen MR) is 53.2 cm³/mol. The fraction of sp³-hybridized carbons (Fsp3) is 0.900. The Labute approximate surface area is 84.5 Å². The van der Waals surface area contributed by atoms with Crippen molar-refractivity contribution in [3.63, 3.8) is 0 Å². The van der Waals surface area contributed by atoms with Crippen LogP contribution in [0.5, 0.6) is 0 Å². The Kier molecular flexibility index (Phi) is 4.90. The van der Waals surface area contributed by atoms with Crippen molar-refractivity contribution in [1.82, 2.24) is 4.90 Å². The number of nitrogens with zero attached hydrogens (tertiary/aromatic N) is 1. The van der Waals surface area contributed by atoms with Gasteiger partial charge in [-0.05, 0) is 25.8 Å². The number of aliphatic carboxylic acids is 1. The first kappa shape index (κ1) is 11.5. The number of piperidine rings is 1. The van der Waals surface area contributed by atoms with Crippen molar-refractivity contribution >= 4 is 5.97 Å². The van der Waals surface area contributed by atoms with Crippen LogP contribution in [-0.4, -0.2) is 46.8 Å². The molecule has 1 fully saturated rings. The molecule has 1 aliphatic rings. The Bertz CT molecular complexity index is 182. The smallest absolute Gasteiger partial charge is 0.304 e. The van der Waals surface area contributed by atoms with Gasteiger partial charge in [0.1, 0.15) is 0 Å². The Morgan fingerprint density at radius 2 is 2.21 bits per heavy atom. The van der Waals surface area contributed by atoms with Crippen molar-refractivity contribution in [2.45, 2.75) is 38.1 Å². The number of rotatable bonds is 5. The lowest BCUT2D eigenvalue weighted by Crippen LogP contribution is -2.41. The lowest BCUT2D eigenvalue weighted by atomic mass is 9.99. The van der Waals surface area contributed by atoms with Crippen molar-refractivity contribution in [3.8, 4) is 0 Å². The van der Waals surface area contributed by atoms with Crippen molar-refractivity contribution in [1.29, 1.82) is 0 Å². The maximum Gasteiger partial charge on any atom is 0.304 e. The lowest BCUT2D eigenvalue weighted by molar-refractivity contribution is -0.137. The number of likely N-dealkylation sites (tertiary alicyclic amines) is 1. The summed E-state index contributed by atoms with van der Waals surface area (Å²) >= 11 is 0. The Balaban J connectivity index is 2.33. The van der Waals surface area contributed by atoms with E-state index in [1.807, 2.05) is 0 Å². The second-order valence-electron chi connectivity index (χ2n) is 3.84. The third kappa shape index (κ3) is 3.64. The van der Waals surface area contributed by atoms with E-state index in [-0.39, 0.29) is 13.0 Å². The van der Waals surface area contributed by atoms with E-state index in [1.165, 1.54) is 6.42 Å². The van der Waals surface area contributed by atoms with Crippen molar-refractivity contribution in [2.75, 3.05) is 19.7 Å². The van der Waals surface area contributed by atoms with Gasteiger partial charge in [-0.3, -0.25) is 9.69 Å². The number of carboxylic acids is 1. The highest BCUT2D eigenvalue weighted by Crippen LogP contribution is 2.19. The van der Waals surface area contributed by atoms with Crippen molar-refractivity contribution in [2.24, 2.45) is 0 Å². The van der Waals surface area contributed by atoms with E-state index in [1.54, 1.807) is 0 Å². The van der Waals surface area contributed by atoms with Crippen molar-refractivity contribution in [3.05, 3.63) is 0 Å². The van der Waals surface area contributed by atoms with Gasteiger partial charge in [-0.1, -0.05) is 6.42 Å². The SMILES string of the molecule is O=C(O)CCN1CCCC[C@H]1CCO. The first-order chi connectivity index (χ1) is 6.74. The van der Waals surface area contributed by atoms with Gasteiger partial charge in [0.2, 0.25) is 0 Å². The maximum atomic E-state index is 10.4. The molecule has 0 unspecified atom stereocenters. The van der Waals surface area contributed by atoms with E-state index in [9.17, 15) is 4.79 Å². The van der Waals surface area contributed by atoms with Gasteiger partial charge >= 0.3 is 5.97 Å². The minimum atomic E-state index is -0.738. The molecule has 0 saturated carbocycles. The van der Waals surface area contributed by atoms with Gasteiger partial charge in [-0.25, -0.2) is 0 Å². The van der Waals surface area contributed by atoms with Crippen LogP contribution < -0.4 is 0 Å². The number of aliphatic hydroxyl groups is 1. The summed E-state index contributed by atoms with van der Waals surface area (Å²) < 4.78 is 0. The zero-order chi connectivity index (χ0) is 10.4. The molecule has 4 heteroatoms. The first-order valence-corrected chi connectivity index (χ1v) is 5.30. The van der Waals surface area contributed by atoms with Crippen LogP contribution in [0.4, 0.5) is 0 Å². The highest BCUT2D eigenvalue weighted by Gasteiger charge is 2.21. The van der Waals surface area contributed by atoms with Crippen LogP contribution in [0.15, 0.2) is 0 Å². The zero-order valence-corrected chi connectivity index (χ0v) is 8.48. The van der Waals surface area contributed by atoms with Gasteiger partial charge in [-0.2, -0.15) is 0 Å². The fourth-order valence-electron chi connectivity index (χ4n) is 2.07. The van der Waals surface area contributed by atoms with E-state index < -0.39 is 5.97 Å². The van der Waals surface area contributed by atoms with Crippen LogP contribution in [0, 0.1) is 0 Å². The molecule has 0 aromatic rings. The second-order valence-corrected chi connectivity index (χ2v) is 3.84. The molecular formula is C10H19NO3. The Morgan fingerprint density at radius 3 is 2.86 bits per heavy atom. The molecule has 14 heavy (non-hydrogen) atoms. The molecule has 0 aromatic heterocycles. The van der Waals surface area contributed by atoms with E-state index in [0.29, 0.717) is 12.6 Å². The van der Waals surface area contributed by atoms with Crippen LogP contribution in [0.2, 0.25) is 0 Å². The summed E-state index contributed by atoms with van der Waals surface area (Å²) in [5.74, 6) is -0.738. The quantitative estimate of drug-likeness (QED) is 0.687. The summed E-state index contributed by atoms with van der Waals surface area (Å²) in [4.78, 5) is 12.6. The second kappa shape index (κ2) is 5.98. The molecule has 0 aromatic carbocycles. The number of carboxylic acid groups (broad SMARTS) is 1. The van der Waals surface area contributed by atoms with Crippen LogP contribution in [0.25, 0.3) is 0 Å². The van der Waals surface area contributed by atoms with Gasteiger partial charge < -0.3 is 10.2 Å². The molecule has 4 nitrogen and oxygen atoms in total. The molecule has 0 aliphatic carbocycles. The normalized spacial score (nSPS) is 23.6. The molecule has 0 amide bonds. The third-order valence-electron chi connectivity index (χ3n) is 2.82. The van der Waals surface area contributed by atoms with E-state index in [0.717, 1.165) is 25.8 Å². The van der Waals surface area contributed by atoms with E-state index in [4.69, 9.17) is 10.2 Å². The number of hydrogen-bond acceptors (Lipinski definition) is 3. The van der Waals surface area contributed by atoms with Crippen LogP contribution in [0.3, 0.4) is 0 Å². The van der Waals surface area contributed by atoms with Gasteiger partial charge in [0.15, 0.2) is 0 Å². The van der Waals surface area contributed by atoms with Crippen LogP contribution >= 0.6 is 0 Å². The highest BCUT2D eigenvalue weighted by atomic mass is 16.4. The number of hydrogen-bond donors (Lipinski definition) is 2. The largest absolute Gasteiger partial charge is 0.481 e. The first-order valence-electron chi connectivity index (χ1n) is 5.30. The zero-order valence-electron chi connectivity index (χ0n) is 8.48. The van der Waals surface area contributed by atoms with Crippen molar-refractivity contribution < 1.29 is 15.0 Å². The Morgan fingerprint density at radius 1 is 1.43 bits per heavy atom. The average Bonchev–Trinajstić information content (AvgIpc) is 2.17. The maximum absolute atomic E-state index is 10.4. The summed E-state index contributed by atoms with van der Waals surface area (Å²) in [5, 5.41) is 17.5. The molecule has 0 radical (unpaired) electrons. The molecule has 0 spiro atoms. The number of aliphatic hydroxyl groups excluding tert-OH is 1. The lowest BCUT2D eigenvalue weighted by Gasteiger charge is -2.35. The molecule has 1 rings (SSSR count). The fourth-order valence-corrected chi connectivity index (χ4v) is 2.07. The predicted octanol–water partition coefficient (Wildman–Crippen LogP) is 0.698. The molecule has 82 valence electrons. The molecule has 2 N–H and O–H groups in total. The summed E-state index contributed by atoms with van der Waals surface area (Å²) in [6, 6.07) is 0.396. The van der Waals surface area contributed by atoms with E-state index in [2.05, 4.69) is 4.90 Å². The topological polar surface area (TPSA) is 60.8 Å². The Hall–Kier alpha value is -0.610. The van der Waals surface area contributed by atoms with Crippen LogP contribution in [-0.2, 0) is 4.79 Å². The van der Waals surface area contributed by atoms with Gasteiger partial charge in [0.25, 0.3) is 0 Å². The standard InChI is InChI=1S/C10H19NO3/c12-8-5-9-3-1-2-6-11(9)7-4-10(13)14/h9,12H,1-8H2,(H,13,14)/t9-/m0/s1. The van der Waals surface area contributed by atoms with Gasteiger partial charge in [0.05, 0.1) is 6.42 Å². The molecule has 1 saturated heterocycles. The molecular weight excluding hydrogens is 182 g/mol. The third-order valence-corrected chi connectivity index (χ3v) is 2.82. The average molecular weight is 201 g/mol. The summed E-state index contributed by atoms with van der Waals surface area (Å²) in [5.41, 5.74) is 0. The molecule has 1 aliphatic heterocycles. The summed E-state index contributed by atoms with van der Waals surface area (Å²) in [6.45, 7) is 1.81.